The molecule has 2 heterocycles. The average molecular weight is 276 g/mol. The standard InChI is InChI=1S/C16H28N4/c1-14(11-17)12-19-7-4-8-20(10-9-19)13-16-6-3-5-15(2)18-16/h3,5-6,14H,4,7-13,17H2,1-2H3. The van der Waals surface area contributed by atoms with Crippen LogP contribution in [0.4, 0.5) is 0 Å². The second-order valence-electron chi connectivity index (χ2n) is 6.04. The first-order valence-corrected chi connectivity index (χ1v) is 7.74. The lowest BCUT2D eigenvalue weighted by molar-refractivity contribution is 0.231. The van der Waals surface area contributed by atoms with Crippen molar-refractivity contribution >= 4 is 0 Å². The van der Waals surface area contributed by atoms with Crippen molar-refractivity contribution in [3.05, 3.63) is 29.6 Å². The molecule has 1 atom stereocenters. The third-order valence-electron chi connectivity index (χ3n) is 3.98. The summed E-state index contributed by atoms with van der Waals surface area (Å²) in [7, 11) is 0. The van der Waals surface area contributed by atoms with Crippen LogP contribution in [-0.2, 0) is 6.54 Å². The summed E-state index contributed by atoms with van der Waals surface area (Å²) in [5.74, 6) is 0.597. The first kappa shape index (κ1) is 15.4. The number of rotatable bonds is 5. The van der Waals surface area contributed by atoms with E-state index in [9.17, 15) is 0 Å². The van der Waals surface area contributed by atoms with Crippen molar-refractivity contribution in [1.82, 2.24) is 14.8 Å². The average Bonchev–Trinajstić information content (AvgIpc) is 2.64. The minimum absolute atomic E-state index is 0.597. The predicted molar refractivity (Wildman–Crippen MR) is 83.5 cm³/mol. The molecule has 1 aliphatic rings. The molecule has 1 aromatic rings. The van der Waals surface area contributed by atoms with Crippen molar-refractivity contribution in [3.8, 4) is 0 Å². The van der Waals surface area contributed by atoms with E-state index in [2.05, 4.69) is 46.8 Å². The SMILES string of the molecule is Cc1cccc(CN2CCCN(CC(C)CN)CC2)n1. The zero-order valence-electron chi connectivity index (χ0n) is 12.9. The first-order chi connectivity index (χ1) is 9.67. The molecule has 0 amide bonds. The zero-order valence-corrected chi connectivity index (χ0v) is 12.9. The van der Waals surface area contributed by atoms with Crippen molar-refractivity contribution < 1.29 is 0 Å². The smallest absolute Gasteiger partial charge is 0.0547 e. The topological polar surface area (TPSA) is 45.4 Å². The highest BCUT2D eigenvalue weighted by Gasteiger charge is 2.16. The maximum atomic E-state index is 5.73. The van der Waals surface area contributed by atoms with Gasteiger partial charge < -0.3 is 10.6 Å². The summed E-state index contributed by atoms with van der Waals surface area (Å²) in [6.07, 6.45) is 1.24. The summed E-state index contributed by atoms with van der Waals surface area (Å²) >= 11 is 0. The van der Waals surface area contributed by atoms with Gasteiger partial charge in [-0.25, -0.2) is 0 Å². The quantitative estimate of drug-likeness (QED) is 0.885. The van der Waals surface area contributed by atoms with Crippen LogP contribution in [0.15, 0.2) is 18.2 Å². The van der Waals surface area contributed by atoms with Crippen LogP contribution in [0, 0.1) is 12.8 Å². The third kappa shape index (κ3) is 4.85. The van der Waals surface area contributed by atoms with E-state index >= 15 is 0 Å². The Hall–Kier alpha value is -0.970. The lowest BCUT2D eigenvalue weighted by Gasteiger charge is -2.23. The van der Waals surface area contributed by atoms with Gasteiger partial charge in [-0.15, -0.1) is 0 Å². The molecule has 1 unspecified atom stereocenters. The molecule has 0 aliphatic carbocycles. The fraction of sp³-hybridized carbons (Fsp3) is 0.688. The molecule has 2 rings (SSSR count). The van der Waals surface area contributed by atoms with E-state index < -0.39 is 0 Å². The van der Waals surface area contributed by atoms with E-state index in [-0.39, 0.29) is 0 Å². The molecule has 0 radical (unpaired) electrons. The van der Waals surface area contributed by atoms with E-state index in [0.717, 1.165) is 38.4 Å². The van der Waals surface area contributed by atoms with Crippen molar-refractivity contribution in [1.29, 1.82) is 0 Å². The third-order valence-corrected chi connectivity index (χ3v) is 3.98. The molecule has 1 saturated heterocycles. The fourth-order valence-electron chi connectivity index (χ4n) is 2.80. The molecular weight excluding hydrogens is 248 g/mol. The van der Waals surface area contributed by atoms with Gasteiger partial charge in [-0.1, -0.05) is 13.0 Å². The molecule has 1 aliphatic heterocycles. The number of pyridine rings is 1. The summed E-state index contributed by atoms with van der Waals surface area (Å²) in [6, 6.07) is 6.29. The maximum Gasteiger partial charge on any atom is 0.0547 e. The van der Waals surface area contributed by atoms with Gasteiger partial charge in [0.2, 0.25) is 0 Å². The van der Waals surface area contributed by atoms with Gasteiger partial charge in [-0.05, 0) is 51.0 Å². The molecule has 112 valence electrons. The molecule has 20 heavy (non-hydrogen) atoms. The van der Waals surface area contributed by atoms with Crippen LogP contribution in [0.2, 0.25) is 0 Å². The minimum atomic E-state index is 0.597. The van der Waals surface area contributed by atoms with Crippen LogP contribution in [-0.4, -0.2) is 54.1 Å². The van der Waals surface area contributed by atoms with E-state index in [0.29, 0.717) is 5.92 Å². The molecule has 1 fully saturated rings. The maximum absolute atomic E-state index is 5.73. The van der Waals surface area contributed by atoms with Crippen LogP contribution in [0.3, 0.4) is 0 Å². The molecule has 0 bridgehead atoms. The van der Waals surface area contributed by atoms with E-state index in [4.69, 9.17) is 5.73 Å². The predicted octanol–water partition coefficient (Wildman–Crippen LogP) is 1.49. The molecule has 0 aromatic carbocycles. The number of hydrogen-bond donors (Lipinski definition) is 1. The number of nitrogens with two attached hydrogens (primary N) is 1. The summed E-state index contributed by atoms with van der Waals surface area (Å²) < 4.78 is 0. The Morgan fingerprint density at radius 2 is 1.95 bits per heavy atom. The molecular formula is C16H28N4. The van der Waals surface area contributed by atoms with Crippen LogP contribution in [0.25, 0.3) is 0 Å². The minimum Gasteiger partial charge on any atom is -0.330 e. The van der Waals surface area contributed by atoms with Gasteiger partial charge in [0.05, 0.1) is 5.69 Å². The second kappa shape index (κ2) is 7.72. The molecule has 0 spiro atoms. The van der Waals surface area contributed by atoms with Gasteiger partial charge in [-0.3, -0.25) is 9.88 Å². The lowest BCUT2D eigenvalue weighted by atomic mass is 10.1. The van der Waals surface area contributed by atoms with Crippen molar-refractivity contribution in [2.75, 3.05) is 39.3 Å². The van der Waals surface area contributed by atoms with Crippen LogP contribution in [0.5, 0.6) is 0 Å². The summed E-state index contributed by atoms with van der Waals surface area (Å²) in [4.78, 5) is 9.69. The molecule has 4 nitrogen and oxygen atoms in total. The van der Waals surface area contributed by atoms with Crippen LogP contribution < -0.4 is 5.73 Å². The highest BCUT2D eigenvalue weighted by atomic mass is 15.2. The molecule has 0 saturated carbocycles. The lowest BCUT2D eigenvalue weighted by Crippen LogP contribution is -2.35. The van der Waals surface area contributed by atoms with Crippen LogP contribution in [0.1, 0.15) is 24.7 Å². The Balaban J connectivity index is 1.83. The molecule has 4 heteroatoms. The number of aromatic nitrogens is 1. The molecule has 1 aromatic heterocycles. The normalized spacial score (nSPS) is 19.8. The van der Waals surface area contributed by atoms with Crippen LogP contribution >= 0.6 is 0 Å². The zero-order chi connectivity index (χ0) is 14.4. The summed E-state index contributed by atoms with van der Waals surface area (Å²) in [5.41, 5.74) is 8.02. The largest absolute Gasteiger partial charge is 0.330 e. The van der Waals surface area contributed by atoms with Gasteiger partial charge >= 0.3 is 0 Å². The summed E-state index contributed by atoms with van der Waals surface area (Å²) in [5, 5.41) is 0. The van der Waals surface area contributed by atoms with Gasteiger partial charge in [0, 0.05) is 31.9 Å². The van der Waals surface area contributed by atoms with E-state index in [1.807, 2.05) is 0 Å². The Morgan fingerprint density at radius 1 is 1.20 bits per heavy atom. The number of aryl methyl sites for hydroxylation is 1. The second-order valence-corrected chi connectivity index (χ2v) is 6.04. The number of hydrogen-bond acceptors (Lipinski definition) is 4. The van der Waals surface area contributed by atoms with Crippen molar-refractivity contribution in [3.63, 3.8) is 0 Å². The fourth-order valence-corrected chi connectivity index (χ4v) is 2.80. The van der Waals surface area contributed by atoms with E-state index in [1.54, 1.807) is 0 Å². The Bertz CT molecular complexity index is 407. The monoisotopic (exact) mass is 276 g/mol. The van der Waals surface area contributed by atoms with Crippen molar-refractivity contribution in [2.24, 2.45) is 11.7 Å². The number of nitrogens with zero attached hydrogens (tertiary/aromatic N) is 3. The Kier molecular flexibility index (Phi) is 5.95. The van der Waals surface area contributed by atoms with E-state index in [1.165, 1.54) is 25.2 Å². The Morgan fingerprint density at radius 3 is 2.70 bits per heavy atom. The molecule has 2 N–H and O–H groups in total. The first-order valence-electron chi connectivity index (χ1n) is 7.74. The van der Waals surface area contributed by atoms with Crippen molar-refractivity contribution in [2.45, 2.75) is 26.8 Å². The summed E-state index contributed by atoms with van der Waals surface area (Å²) in [6.45, 7) is 11.8. The van der Waals surface area contributed by atoms with Gasteiger partial charge in [0.15, 0.2) is 0 Å². The van der Waals surface area contributed by atoms with Gasteiger partial charge in [-0.2, -0.15) is 0 Å². The van der Waals surface area contributed by atoms with Gasteiger partial charge in [0.1, 0.15) is 0 Å². The Labute approximate surface area is 123 Å². The highest BCUT2D eigenvalue weighted by Crippen LogP contribution is 2.09. The van der Waals surface area contributed by atoms with Gasteiger partial charge in [0.25, 0.3) is 0 Å². The highest BCUT2D eigenvalue weighted by molar-refractivity contribution is 5.09.